The zero-order chi connectivity index (χ0) is 33.1. The van der Waals surface area contributed by atoms with Crippen molar-refractivity contribution >= 4 is 27.6 Å². The lowest BCUT2D eigenvalue weighted by Gasteiger charge is -2.40. The quantitative estimate of drug-likeness (QED) is 0.201. The van der Waals surface area contributed by atoms with Gasteiger partial charge in [0.15, 0.2) is 10.8 Å². The lowest BCUT2D eigenvalue weighted by atomic mass is 9.66. The summed E-state index contributed by atoms with van der Waals surface area (Å²) in [6.07, 6.45) is -0.474. The van der Waals surface area contributed by atoms with Gasteiger partial charge >= 0.3 is 6.18 Å². The number of aliphatic hydroxyl groups excluding tert-OH is 1. The molecular weight excluding hydrogens is 634 g/mol. The third-order valence-electron chi connectivity index (χ3n) is 10.5. The first-order chi connectivity index (χ1) is 22.4. The molecule has 0 spiro atoms. The maximum atomic E-state index is 14.6. The number of aromatic amines is 1. The van der Waals surface area contributed by atoms with Crippen molar-refractivity contribution in [2.45, 2.75) is 69.1 Å². The van der Waals surface area contributed by atoms with Crippen molar-refractivity contribution in [3.05, 3.63) is 80.6 Å². The van der Waals surface area contributed by atoms with Crippen LogP contribution in [0, 0.1) is 17.2 Å². The number of alkyl halides is 3. The second-order valence-electron chi connectivity index (χ2n) is 13.3. The lowest BCUT2D eigenvalue weighted by Crippen LogP contribution is -2.39. The number of H-pyrrole nitrogens is 1. The zero-order valence-corrected chi connectivity index (χ0v) is 26.3. The SMILES string of the molecule is NC(=O)c1nc2cc3c(nc2s1)C([C@@H](CCN1CCC(O)CC1)c1ccc(-c2c[nH]c(=O)c(F)c2)cc1)CC(C1(C(F)(F)F)CC1)C3. The minimum absolute atomic E-state index is 0.104. The number of hydrogen-bond acceptors (Lipinski definition) is 7. The summed E-state index contributed by atoms with van der Waals surface area (Å²) in [4.78, 5) is 38.0. The van der Waals surface area contributed by atoms with E-state index in [0.717, 1.165) is 41.2 Å². The molecule has 3 atom stereocenters. The number of primary amides is 1. The van der Waals surface area contributed by atoms with Crippen LogP contribution in [0.15, 0.2) is 47.4 Å². The number of aromatic nitrogens is 3. The highest BCUT2D eigenvalue weighted by atomic mass is 32.1. The molecule has 4 heterocycles. The molecule has 1 amide bonds. The summed E-state index contributed by atoms with van der Waals surface area (Å²) in [5.41, 5.74) is 6.99. The number of nitrogens with one attached hydrogen (secondary N) is 1. The molecular formula is C34H35F4N5O3S. The van der Waals surface area contributed by atoms with Crippen LogP contribution in [-0.4, -0.2) is 62.8 Å². The Morgan fingerprint density at radius 3 is 2.49 bits per heavy atom. The van der Waals surface area contributed by atoms with Gasteiger partial charge in [0.05, 0.1) is 11.5 Å². The monoisotopic (exact) mass is 669 g/mol. The van der Waals surface area contributed by atoms with Gasteiger partial charge in [0.25, 0.3) is 11.5 Å². The van der Waals surface area contributed by atoms with Crippen LogP contribution in [-0.2, 0) is 6.42 Å². The summed E-state index contributed by atoms with van der Waals surface area (Å²) >= 11 is 1.08. The van der Waals surface area contributed by atoms with E-state index in [1.54, 1.807) is 6.07 Å². The Bertz CT molecular complexity index is 1860. The number of hydrogen-bond donors (Lipinski definition) is 3. The molecule has 4 N–H and O–H groups in total. The predicted molar refractivity (Wildman–Crippen MR) is 170 cm³/mol. The number of nitrogens with two attached hydrogens (primary N) is 1. The first-order valence-electron chi connectivity index (χ1n) is 16.0. The molecule has 248 valence electrons. The maximum absolute atomic E-state index is 14.6. The molecule has 13 heteroatoms. The largest absolute Gasteiger partial charge is 0.394 e. The number of halogens is 4. The Hall–Kier alpha value is -3.68. The third-order valence-corrected chi connectivity index (χ3v) is 11.5. The minimum atomic E-state index is -4.32. The van der Waals surface area contributed by atoms with Gasteiger partial charge in [-0.1, -0.05) is 35.6 Å². The smallest absolute Gasteiger partial charge is 0.393 e. The van der Waals surface area contributed by atoms with E-state index in [4.69, 9.17) is 10.7 Å². The average molecular weight is 670 g/mol. The van der Waals surface area contributed by atoms with Crippen molar-refractivity contribution in [3.63, 3.8) is 0 Å². The predicted octanol–water partition coefficient (Wildman–Crippen LogP) is 5.90. The fourth-order valence-electron chi connectivity index (χ4n) is 7.72. The summed E-state index contributed by atoms with van der Waals surface area (Å²) in [5.74, 6) is -2.76. The van der Waals surface area contributed by atoms with Crippen molar-refractivity contribution in [3.8, 4) is 11.1 Å². The number of amides is 1. The number of piperidine rings is 1. The number of nitrogens with zero attached hydrogens (tertiary/aromatic N) is 3. The van der Waals surface area contributed by atoms with Crippen LogP contribution < -0.4 is 11.3 Å². The maximum Gasteiger partial charge on any atom is 0.394 e. The number of benzene rings is 1. The van der Waals surface area contributed by atoms with Crippen molar-refractivity contribution < 1.29 is 27.5 Å². The van der Waals surface area contributed by atoms with Gasteiger partial charge in [0.2, 0.25) is 0 Å². The highest BCUT2D eigenvalue weighted by Crippen LogP contribution is 2.66. The molecule has 2 fully saturated rings. The molecule has 1 aromatic carbocycles. The number of carbonyl (C=O) groups is 1. The van der Waals surface area contributed by atoms with Crippen LogP contribution in [0.2, 0.25) is 0 Å². The van der Waals surface area contributed by atoms with E-state index in [0.29, 0.717) is 53.7 Å². The fourth-order valence-corrected chi connectivity index (χ4v) is 8.50. The summed E-state index contributed by atoms with van der Waals surface area (Å²) in [6.45, 7) is 2.17. The zero-order valence-electron chi connectivity index (χ0n) is 25.5. The molecule has 47 heavy (non-hydrogen) atoms. The van der Waals surface area contributed by atoms with Crippen molar-refractivity contribution in [2.75, 3.05) is 19.6 Å². The number of fused-ring (bicyclic) bond motifs is 2. The highest BCUT2D eigenvalue weighted by Gasteiger charge is 2.67. The van der Waals surface area contributed by atoms with E-state index >= 15 is 0 Å². The van der Waals surface area contributed by atoms with Crippen LogP contribution >= 0.6 is 11.3 Å². The van der Waals surface area contributed by atoms with Gasteiger partial charge in [-0.3, -0.25) is 9.59 Å². The van der Waals surface area contributed by atoms with Crippen LogP contribution in [0.3, 0.4) is 0 Å². The van der Waals surface area contributed by atoms with E-state index in [2.05, 4.69) is 14.9 Å². The van der Waals surface area contributed by atoms with Crippen LogP contribution in [0.4, 0.5) is 17.6 Å². The number of likely N-dealkylation sites (tertiary alicyclic amines) is 1. The van der Waals surface area contributed by atoms with Gasteiger partial charge in [-0.15, -0.1) is 0 Å². The van der Waals surface area contributed by atoms with Crippen molar-refractivity contribution in [2.24, 2.45) is 17.1 Å². The fraction of sp³-hybridized carbons (Fsp3) is 0.471. The average Bonchev–Trinajstić information content (AvgIpc) is 3.77. The summed E-state index contributed by atoms with van der Waals surface area (Å²) in [6, 6.07) is 10.5. The van der Waals surface area contributed by atoms with Gasteiger partial charge in [0, 0.05) is 36.5 Å². The van der Waals surface area contributed by atoms with E-state index in [1.165, 1.54) is 12.3 Å². The molecule has 0 bridgehead atoms. The minimum Gasteiger partial charge on any atom is -0.393 e. The number of carbonyl (C=O) groups excluding carboxylic acids is 1. The van der Waals surface area contributed by atoms with E-state index in [9.17, 15) is 32.3 Å². The molecule has 4 aromatic rings. The van der Waals surface area contributed by atoms with Crippen LogP contribution in [0.1, 0.15) is 77.0 Å². The summed E-state index contributed by atoms with van der Waals surface area (Å²) in [5, 5.41) is 10.2. The van der Waals surface area contributed by atoms with E-state index < -0.39 is 34.8 Å². The Labute approximate surface area is 272 Å². The molecule has 7 rings (SSSR count). The standard InChI is InChI=1S/C34H35F4N5O3S/c35-26-14-21(17-40-30(26)46)18-1-3-19(4-2-18)24(7-12-43-10-5-23(44)6-11-43)25-16-22(33(8-9-33)34(36,37)38)13-20-15-27-31(42-28(20)25)47-32(41-27)29(39)45/h1-4,14-15,17,22-25,44H,5-13,16H2,(H2,39,45)(H,40,46)/t22?,24-,25?/m0/s1. The number of rotatable bonds is 8. The molecule has 3 aromatic heterocycles. The summed E-state index contributed by atoms with van der Waals surface area (Å²) in [7, 11) is 0. The number of aliphatic hydroxyl groups is 1. The molecule has 2 aliphatic carbocycles. The molecule has 2 unspecified atom stereocenters. The molecule has 1 aliphatic heterocycles. The summed E-state index contributed by atoms with van der Waals surface area (Å²) < 4.78 is 57.8. The molecule has 0 radical (unpaired) electrons. The molecule has 8 nitrogen and oxygen atoms in total. The first kappa shape index (κ1) is 31.9. The van der Waals surface area contributed by atoms with Crippen molar-refractivity contribution in [1.29, 1.82) is 0 Å². The Balaban J connectivity index is 1.30. The second-order valence-corrected chi connectivity index (χ2v) is 14.3. The lowest BCUT2D eigenvalue weighted by molar-refractivity contribution is -0.204. The third kappa shape index (κ3) is 6.09. The van der Waals surface area contributed by atoms with Gasteiger partial charge in [-0.2, -0.15) is 13.2 Å². The van der Waals surface area contributed by atoms with Crippen molar-refractivity contribution in [1.82, 2.24) is 19.9 Å². The Morgan fingerprint density at radius 1 is 1.13 bits per heavy atom. The van der Waals surface area contributed by atoms with Crippen LogP contribution in [0.5, 0.6) is 0 Å². The molecule has 1 saturated heterocycles. The van der Waals surface area contributed by atoms with Gasteiger partial charge < -0.3 is 20.7 Å². The van der Waals surface area contributed by atoms with E-state index in [1.807, 2.05) is 24.3 Å². The number of pyridine rings is 2. The van der Waals surface area contributed by atoms with E-state index in [-0.39, 0.29) is 42.2 Å². The van der Waals surface area contributed by atoms with Gasteiger partial charge in [-0.25, -0.2) is 14.4 Å². The normalized spacial score (nSPS) is 22.2. The Kier molecular flexibility index (Phi) is 8.20. The Morgan fingerprint density at radius 2 is 1.85 bits per heavy atom. The van der Waals surface area contributed by atoms with Gasteiger partial charge in [0.1, 0.15) is 10.3 Å². The number of thiazole rings is 1. The molecule has 3 aliphatic rings. The van der Waals surface area contributed by atoms with Gasteiger partial charge in [-0.05, 0) is 92.1 Å². The molecule has 1 saturated carbocycles. The topological polar surface area (TPSA) is 125 Å². The first-order valence-corrected chi connectivity index (χ1v) is 16.8. The highest BCUT2D eigenvalue weighted by molar-refractivity contribution is 7.19. The van der Waals surface area contributed by atoms with Crippen LogP contribution in [0.25, 0.3) is 21.5 Å². The second kappa shape index (κ2) is 12.1.